The first kappa shape index (κ1) is 13.0. The maximum absolute atomic E-state index is 6.36. The zero-order chi connectivity index (χ0) is 12.3. The summed E-state index contributed by atoms with van der Waals surface area (Å²) in [4.78, 5) is 0. The van der Waals surface area contributed by atoms with Crippen molar-refractivity contribution in [3.8, 4) is 0 Å². The summed E-state index contributed by atoms with van der Waals surface area (Å²) in [7, 11) is 0. The molecule has 2 unspecified atom stereocenters. The molecule has 0 aromatic rings. The van der Waals surface area contributed by atoms with Gasteiger partial charge in [-0.3, -0.25) is 0 Å². The molecule has 0 spiro atoms. The standard InChI is InChI=1S/C14H21ClO2/c1-10(2)5-7-16-11-3-4-12(13(15)9-11)14-6-8-17-14/h3-4,10,13-14H,5-9H2,1-2H3. The van der Waals surface area contributed by atoms with Crippen LogP contribution in [0.25, 0.3) is 0 Å². The molecule has 0 N–H and O–H groups in total. The zero-order valence-electron chi connectivity index (χ0n) is 10.6. The van der Waals surface area contributed by atoms with Crippen molar-refractivity contribution >= 4 is 11.6 Å². The lowest BCUT2D eigenvalue weighted by atomic mass is 9.94. The van der Waals surface area contributed by atoms with Crippen LogP contribution in [0.2, 0.25) is 0 Å². The van der Waals surface area contributed by atoms with E-state index in [0.717, 1.165) is 38.2 Å². The average molecular weight is 257 g/mol. The van der Waals surface area contributed by atoms with Crippen molar-refractivity contribution in [1.29, 1.82) is 0 Å². The third-order valence-corrected chi connectivity index (χ3v) is 3.66. The molecule has 0 bridgehead atoms. The van der Waals surface area contributed by atoms with Crippen molar-refractivity contribution in [2.75, 3.05) is 13.2 Å². The van der Waals surface area contributed by atoms with Gasteiger partial charge in [-0.25, -0.2) is 0 Å². The van der Waals surface area contributed by atoms with E-state index in [4.69, 9.17) is 21.1 Å². The minimum Gasteiger partial charge on any atom is -0.498 e. The van der Waals surface area contributed by atoms with Crippen molar-refractivity contribution in [2.45, 2.75) is 44.6 Å². The van der Waals surface area contributed by atoms with Crippen LogP contribution in [-0.2, 0) is 9.47 Å². The summed E-state index contributed by atoms with van der Waals surface area (Å²) in [6.07, 6.45) is 7.38. The van der Waals surface area contributed by atoms with Gasteiger partial charge in [0.25, 0.3) is 0 Å². The van der Waals surface area contributed by atoms with Gasteiger partial charge in [0, 0.05) is 12.8 Å². The van der Waals surface area contributed by atoms with Gasteiger partial charge in [-0.05, 0) is 24.0 Å². The molecular formula is C14H21ClO2. The van der Waals surface area contributed by atoms with Crippen molar-refractivity contribution in [3.63, 3.8) is 0 Å². The van der Waals surface area contributed by atoms with E-state index in [1.54, 1.807) is 0 Å². The van der Waals surface area contributed by atoms with E-state index < -0.39 is 0 Å². The number of ether oxygens (including phenoxy) is 2. The second-order valence-electron chi connectivity index (χ2n) is 5.15. The number of allylic oxidation sites excluding steroid dienone is 3. The van der Waals surface area contributed by atoms with Gasteiger partial charge in [-0.1, -0.05) is 19.9 Å². The van der Waals surface area contributed by atoms with Crippen molar-refractivity contribution in [3.05, 3.63) is 23.5 Å². The summed E-state index contributed by atoms with van der Waals surface area (Å²) in [6, 6.07) is 0. The Labute approximate surface area is 109 Å². The Morgan fingerprint density at radius 3 is 2.76 bits per heavy atom. The highest BCUT2D eigenvalue weighted by Gasteiger charge is 2.29. The van der Waals surface area contributed by atoms with E-state index in [-0.39, 0.29) is 11.5 Å². The summed E-state index contributed by atoms with van der Waals surface area (Å²) in [5, 5.41) is 0.0411. The van der Waals surface area contributed by atoms with Crippen LogP contribution in [0.15, 0.2) is 23.5 Å². The second kappa shape index (κ2) is 5.92. The topological polar surface area (TPSA) is 18.5 Å². The van der Waals surface area contributed by atoms with Crippen LogP contribution in [0, 0.1) is 5.92 Å². The molecule has 17 heavy (non-hydrogen) atoms. The van der Waals surface area contributed by atoms with Gasteiger partial charge >= 0.3 is 0 Å². The molecule has 2 atom stereocenters. The first-order chi connectivity index (χ1) is 8.16. The Hall–Kier alpha value is -0.470. The lowest BCUT2D eigenvalue weighted by Crippen LogP contribution is -2.33. The summed E-state index contributed by atoms with van der Waals surface area (Å²) in [5.74, 6) is 1.69. The second-order valence-corrected chi connectivity index (χ2v) is 5.68. The lowest BCUT2D eigenvalue weighted by Gasteiger charge is -2.33. The van der Waals surface area contributed by atoms with Gasteiger partial charge in [0.15, 0.2) is 0 Å². The Morgan fingerprint density at radius 1 is 1.47 bits per heavy atom. The fourth-order valence-electron chi connectivity index (χ4n) is 2.00. The van der Waals surface area contributed by atoms with Crippen molar-refractivity contribution < 1.29 is 9.47 Å². The molecule has 1 aliphatic carbocycles. The van der Waals surface area contributed by atoms with E-state index in [1.807, 2.05) is 0 Å². The first-order valence-electron chi connectivity index (χ1n) is 6.46. The predicted octanol–water partition coefficient (Wildman–Crippen LogP) is 3.66. The molecule has 2 nitrogen and oxygen atoms in total. The van der Waals surface area contributed by atoms with Gasteiger partial charge in [0.2, 0.25) is 0 Å². The molecular weight excluding hydrogens is 236 g/mol. The molecule has 1 saturated heterocycles. The predicted molar refractivity (Wildman–Crippen MR) is 70.2 cm³/mol. The number of alkyl halides is 1. The van der Waals surface area contributed by atoms with Gasteiger partial charge in [0.05, 0.1) is 30.5 Å². The molecule has 3 heteroatoms. The fraction of sp³-hybridized carbons (Fsp3) is 0.714. The van der Waals surface area contributed by atoms with Crippen LogP contribution in [-0.4, -0.2) is 24.7 Å². The maximum Gasteiger partial charge on any atom is 0.0977 e. The Kier molecular flexibility index (Phi) is 4.52. The molecule has 1 heterocycles. The van der Waals surface area contributed by atoms with E-state index in [9.17, 15) is 0 Å². The SMILES string of the molecule is CC(C)CCOC1=CC=C(C2CCO2)C(Cl)C1. The highest BCUT2D eigenvalue weighted by Crippen LogP contribution is 2.32. The first-order valence-corrected chi connectivity index (χ1v) is 6.89. The molecule has 2 rings (SSSR count). The largest absolute Gasteiger partial charge is 0.498 e. The third-order valence-electron chi connectivity index (χ3n) is 3.26. The minimum atomic E-state index is 0.0411. The normalized spacial score (nSPS) is 28.5. The highest BCUT2D eigenvalue weighted by molar-refractivity contribution is 6.22. The van der Waals surface area contributed by atoms with Gasteiger partial charge in [0.1, 0.15) is 0 Å². The van der Waals surface area contributed by atoms with Crippen molar-refractivity contribution in [1.82, 2.24) is 0 Å². The smallest absolute Gasteiger partial charge is 0.0977 e. The van der Waals surface area contributed by atoms with Crippen molar-refractivity contribution in [2.24, 2.45) is 5.92 Å². The summed E-state index contributed by atoms with van der Waals surface area (Å²) in [5.41, 5.74) is 1.22. The highest BCUT2D eigenvalue weighted by atomic mass is 35.5. The molecule has 1 aliphatic heterocycles. The van der Waals surface area contributed by atoms with Crippen LogP contribution in [0.3, 0.4) is 0 Å². The van der Waals surface area contributed by atoms with Crippen LogP contribution in [0.1, 0.15) is 33.1 Å². The van der Waals surface area contributed by atoms with Gasteiger partial charge in [-0.15, -0.1) is 11.6 Å². The van der Waals surface area contributed by atoms with Gasteiger partial charge < -0.3 is 9.47 Å². The molecule has 0 saturated carbocycles. The molecule has 2 aliphatic rings. The fourth-order valence-corrected chi connectivity index (χ4v) is 2.36. The molecule has 0 amide bonds. The summed E-state index contributed by atoms with van der Waals surface area (Å²) < 4.78 is 11.2. The van der Waals surface area contributed by atoms with E-state index in [2.05, 4.69) is 26.0 Å². The average Bonchev–Trinajstić information content (AvgIpc) is 2.18. The number of hydrogen-bond donors (Lipinski definition) is 0. The number of hydrogen-bond acceptors (Lipinski definition) is 2. The molecule has 96 valence electrons. The Bertz CT molecular complexity index is 316. The van der Waals surface area contributed by atoms with Crippen LogP contribution in [0.4, 0.5) is 0 Å². The maximum atomic E-state index is 6.36. The lowest BCUT2D eigenvalue weighted by molar-refractivity contribution is -0.0279. The Morgan fingerprint density at radius 2 is 2.24 bits per heavy atom. The molecule has 0 aromatic carbocycles. The van der Waals surface area contributed by atoms with Gasteiger partial charge in [-0.2, -0.15) is 0 Å². The minimum absolute atomic E-state index is 0.0411. The van der Waals surface area contributed by atoms with E-state index >= 15 is 0 Å². The van der Waals surface area contributed by atoms with Crippen LogP contribution < -0.4 is 0 Å². The zero-order valence-corrected chi connectivity index (χ0v) is 11.4. The van der Waals surface area contributed by atoms with Crippen LogP contribution in [0.5, 0.6) is 0 Å². The monoisotopic (exact) mass is 256 g/mol. The summed E-state index contributed by atoms with van der Waals surface area (Å²) in [6.45, 7) is 6.06. The number of halogens is 1. The molecule has 0 radical (unpaired) electrons. The number of rotatable bonds is 5. The molecule has 0 aromatic heterocycles. The summed E-state index contributed by atoms with van der Waals surface area (Å²) >= 11 is 6.36. The molecule has 1 fully saturated rings. The Balaban J connectivity index is 1.84. The quantitative estimate of drug-likeness (QED) is 0.699. The third kappa shape index (κ3) is 3.49. The van der Waals surface area contributed by atoms with E-state index in [0.29, 0.717) is 5.92 Å². The van der Waals surface area contributed by atoms with Crippen LogP contribution >= 0.6 is 11.6 Å². The van der Waals surface area contributed by atoms with E-state index in [1.165, 1.54) is 5.57 Å².